The molecular weight excluding hydrogens is 202 g/mol. The second-order valence-electron chi connectivity index (χ2n) is 4.48. The van der Waals surface area contributed by atoms with Gasteiger partial charge in [0.05, 0.1) is 5.69 Å². The van der Waals surface area contributed by atoms with Crippen LogP contribution in [0.2, 0.25) is 0 Å². The molecule has 3 N–H and O–H groups in total. The first-order valence-corrected chi connectivity index (χ1v) is 5.97. The van der Waals surface area contributed by atoms with Gasteiger partial charge in [0, 0.05) is 25.8 Å². The van der Waals surface area contributed by atoms with E-state index in [1.807, 2.05) is 13.2 Å². The maximum atomic E-state index is 5.87. The molecule has 0 saturated carbocycles. The second-order valence-corrected chi connectivity index (χ2v) is 4.48. The van der Waals surface area contributed by atoms with Crippen LogP contribution < -0.4 is 11.1 Å². The van der Waals surface area contributed by atoms with Gasteiger partial charge < -0.3 is 16.0 Å². The highest BCUT2D eigenvalue weighted by Crippen LogP contribution is 2.19. The lowest BCUT2D eigenvalue weighted by Crippen LogP contribution is -2.42. The topological polar surface area (TPSA) is 59.1 Å². The Hall–Kier alpha value is -1.23. The molecule has 0 bridgehead atoms. The zero-order valence-electron chi connectivity index (χ0n) is 10.1. The fourth-order valence-electron chi connectivity index (χ4n) is 2.27. The van der Waals surface area contributed by atoms with Gasteiger partial charge in [0.1, 0.15) is 0 Å². The molecule has 1 atom stereocenters. The van der Waals surface area contributed by atoms with E-state index in [9.17, 15) is 0 Å². The summed E-state index contributed by atoms with van der Waals surface area (Å²) in [6.45, 7) is 5.63. The Morgan fingerprint density at radius 2 is 2.44 bits per heavy atom. The predicted octanol–water partition coefficient (Wildman–Crippen LogP) is 0.898. The first-order valence-electron chi connectivity index (χ1n) is 5.97. The average Bonchev–Trinajstić information content (AvgIpc) is 2.58. The molecule has 0 aromatic carbocycles. The van der Waals surface area contributed by atoms with Gasteiger partial charge in [0.2, 0.25) is 0 Å². The first kappa shape index (κ1) is 11.3. The van der Waals surface area contributed by atoms with Crippen LogP contribution in [-0.4, -0.2) is 40.4 Å². The number of nitrogen functional groups attached to an aromatic ring is 1. The third-order valence-electron chi connectivity index (χ3n) is 3.15. The molecule has 2 rings (SSSR count). The summed E-state index contributed by atoms with van der Waals surface area (Å²) in [5, 5.41) is 7.75. The van der Waals surface area contributed by atoms with E-state index in [4.69, 9.17) is 5.73 Å². The van der Waals surface area contributed by atoms with Crippen molar-refractivity contribution >= 4 is 11.5 Å². The van der Waals surface area contributed by atoms with Crippen LogP contribution in [0.5, 0.6) is 0 Å². The molecule has 0 aliphatic carbocycles. The Bertz CT molecular complexity index is 346. The molecule has 90 valence electrons. The minimum atomic E-state index is 0.478. The van der Waals surface area contributed by atoms with E-state index >= 15 is 0 Å². The highest BCUT2D eigenvalue weighted by atomic mass is 15.3. The normalized spacial score (nSPS) is 22.2. The van der Waals surface area contributed by atoms with E-state index in [1.165, 1.54) is 19.4 Å². The van der Waals surface area contributed by atoms with Gasteiger partial charge in [-0.2, -0.15) is 5.10 Å². The minimum Gasteiger partial charge on any atom is -0.394 e. The van der Waals surface area contributed by atoms with Gasteiger partial charge in [-0.1, -0.05) is 6.92 Å². The smallest absolute Gasteiger partial charge is 0.171 e. The number of nitrogens with two attached hydrogens (primary N) is 1. The fourth-order valence-corrected chi connectivity index (χ4v) is 2.27. The van der Waals surface area contributed by atoms with Gasteiger partial charge in [-0.25, -0.2) is 0 Å². The summed E-state index contributed by atoms with van der Waals surface area (Å²) in [5.74, 6) is 0.824. The van der Waals surface area contributed by atoms with Crippen molar-refractivity contribution in [1.29, 1.82) is 0 Å². The monoisotopic (exact) mass is 223 g/mol. The van der Waals surface area contributed by atoms with Crippen LogP contribution in [0.15, 0.2) is 6.20 Å². The average molecular weight is 223 g/mol. The molecule has 0 amide bonds. The Morgan fingerprint density at radius 1 is 1.62 bits per heavy atom. The van der Waals surface area contributed by atoms with Crippen molar-refractivity contribution in [2.24, 2.45) is 7.05 Å². The van der Waals surface area contributed by atoms with Crippen LogP contribution in [0.4, 0.5) is 11.5 Å². The van der Waals surface area contributed by atoms with E-state index in [-0.39, 0.29) is 0 Å². The molecule has 1 aliphatic heterocycles. The van der Waals surface area contributed by atoms with Crippen LogP contribution in [0.3, 0.4) is 0 Å². The van der Waals surface area contributed by atoms with E-state index in [2.05, 4.69) is 22.2 Å². The molecule has 0 spiro atoms. The summed E-state index contributed by atoms with van der Waals surface area (Å²) in [6, 6.07) is 0.478. The van der Waals surface area contributed by atoms with Crippen molar-refractivity contribution in [2.45, 2.75) is 25.8 Å². The minimum absolute atomic E-state index is 0.478. The van der Waals surface area contributed by atoms with Crippen molar-refractivity contribution in [3.05, 3.63) is 6.20 Å². The highest BCUT2D eigenvalue weighted by Gasteiger charge is 2.19. The molecule has 5 nitrogen and oxygen atoms in total. The number of likely N-dealkylation sites (N-methyl/N-ethyl adjacent to an activating group) is 1. The maximum Gasteiger partial charge on any atom is 0.171 e. The molecule has 1 saturated heterocycles. The van der Waals surface area contributed by atoms with Crippen molar-refractivity contribution in [3.8, 4) is 0 Å². The Kier molecular flexibility index (Phi) is 3.33. The molecule has 1 aromatic rings. The summed E-state index contributed by atoms with van der Waals surface area (Å²) in [5.41, 5.74) is 6.60. The summed E-state index contributed by atoms with van der Waals surface area (Å²) < 4.78 is 1.75. The molecular formula is C11H21N5. The van der Waals surface area contributed by atoms with Crippen molar-refractivity contribution < 1.29 is 0 Å². The quantitative estimate of drug-likeness (QED) is 0.799. The lowest BCUT2D eigenvalue weighted by molar-refractivity contribution is 0.226. The molecule has 1 aliphatic rings. The zero-order chi connectivity index (χ0) is 11.5. The van der Waals surface area contributed by atoms with Gasteiger partial charge in [-0.3, -0.25) is 4.68 Å². The van der Waals surface area contributed by atoms with Gasteiger partial charge in [-0.05, 0) is 25.9 Å². The zero-order valence-corrected chi connectivity index (χ0v) is 10.1. The number of likely N-dealkylation sites (tertiary alicyclic amines) is 1. The van der Waals surface area contributed by atoms with Crippen LogP contribution in [0.1, 0.15) is 19.8 Å². The Balaban J connectivity index is 1.96. The Labute approximate surface area is 96.6 Å². The van der Waals surface area contributed by atoms with E-state index < -0.39 is 0 Å². The molecule has 0 radical (unpaired) electrons. The van der Waals surface area contributed by atoms with Crippen LogP contribution in [-0.2, 0) is 7.05 Å². The SMILES string of the molecule is CCN1CCCC(Nc2nn(C)cc2N)C1. The number of anilines is 2. The van der Waals surface area contributed by atoms with Crippen molar-refractivity contribution in [1.82, 2.24) is 14.7 Å². The summed E-state index contributed by atoms with van der Waals surface area (Å²) in [6.07, 6.45) is 4.29. The number of nitrogens with zero attached hydrogens (tertiary/aromatic N) is 3. The molecule has 2 heterocycles. The van der Waals surface area contributed by atoms with Crippen LogP contribution in [0, 0.1) is 0 Å². The largest absolute Gasteiger partial charge is 0.394 e. The first-order chi connectivity index (χ1) is 7.69. The van der Waals surface area contributed by atoms with Crippen LogP contribution >= 0.6 is 0 Å². The number of aryl methyl sites for hydroxylation is 1. The maximum absolute atomic E-state index is 5.87. The second kappa shape index (κ2) is 4.74. The summed E-state index contributed by atoms with van der Waals surface area (Å²) in [7, 11) is 1.89. The number of aromatic nitrogens is 2. The summed E-state index contributed by atoms with van der Waals surface area (Å²) >= 11 is 0. The molecule has 1 aromatic heterocycles. The van der Waals surface area contributed by atoms with Crippen molar-refractivity contribution in [3.63, 3.8) is 0 Å². The number of hydrogen-bond acceptors (Lipinski definition) is 4. The van der Waals surface area contributed by atoms with Gasteiger partial charge in [-0.15, -0.1) is 0 Å². The van der Waals surface area contributed by atoms with Crippen LogP contribution in [0.25, 0.3) is 0 Å². The van der Waals surface area contributed by atoms with Crippen molar-refractivity contribution in [2.75, 3.05) is 30.7 Å². The number of nitrogens with one attached hydrogen (secondary N) is 1. The summed E-state index contributed by atoms with van der Waals surface area (Å²) in [4.78, 5) is 2.46. The van der Waals surface area contributed by atoms with Gasteiger partial charge in [0.15, 0.2) is 5.82 Å². The third kappa shape index (κ3) is 2.47. The highest BCUT2D eigenvalue weighted by molar-refractivity contribution is 5.60. The third-order valence-corrected chi connectivity index (χ3v) is 3.15. The van der Waals surface area contributed by atoms with E-state index in [1.54, 1.807) is 4.68 Å². The van der Waals surface area contributed by atoms with Gasteiger partial charge >= 0.3 is 0 Å². The molecule has 1 fully saturated rings. The lowest BCUT2D eigenvalue weighted by atomic mass is 10.1. The predicted molar refractivity (Wildman–Crippen MR) is 66.4 cm³/mol. The van der Waals surface area contributed by atoms with E-state index in [0.29, 0.717) is 6.04 Å². The number of hydrogen-bond donors (Lipinski definition) is 2. The standard InChI is InChI=1S/C11H21N5/c1-3-16-6-4-5-9(7-16)13-11-10(12)8-15(2)14-11/h8-9H,3-7,12H2,1-2H3,(H,13,14). The van der Waals surface area contributed by atoms with E-state index in [0.717, 1.165) is 24.6 Å². The molecule has 5 heteroatoms. The molecule has 1 unspecified atom stereocenters. The number of piperidine rings is 1. The lowest BCUT2D eigenvalue weighted by Gasteiger charge is -2.32. The molecule has 16 heavy (non-hydrogen) atoms. The Morgan fingerprint density at radius 3 is 3.06 bits per heavy atom. The van der Waals surface area contributed by atoms with Gasteiger partial charge in [0.25, 0.3) is 0 Å². The number of rotatable bonds is 3. The fraction of sp³-hybridized carbons (Fsp3) is 0.727.